The van der Waals surface area contributed by atoms with E-state index in [1.165, 1.54) is 11.1 Å². The van der Waals surface area contributed by atoms with Crippen LogP contribution in [0.2, 0.25) is 0 Å². The number of aliphatic imine (C=N–C) groups is 1. The maximum Gasteiger partial charge on any atom is 0.191 e. The summed E-state index contributed by atoms with van der Waals surface area (Å²) in [5.41, 5.74) is 3.50. The number of guanidine groups is 1. The van der Waals surface area contributed by atoms with Gasteiger partial charge in [0.25, 0.3) is 0 Å². The molecule has 1 aliphatic rings. The average Bonchev–Trinajstić information content (AvgIpc) is 2.76. The molecule has 0 spiro atoms. The van der Waals surface area contributed by atoms with E-state index in [9.17, 15) is 0 Å². The van der Waals surface area contributed by atoms with Crippen LogP contribution in [0.5, 0.6) is 5.75 Å². The summed E-state index contributed by atoms with van der Waals surface area (Å²) in [5.74, 6) is 2.73. The molecular weight excluding hydrogens is 503 g/mol. The van der Waals surface area contributed by atoms with E-state index in [-0.39, 0.29) is 24.0 Å². The highest BCUT2D eigenvalue weighted by Gasteiger charge is 2.15. The molecule has 7 nitrogen and oxygen atoms in total. The first-order valence-corrected chi connectivity index (χ1v) is 10.6. The van der Waals surface area contributed by atoms with E-state index in [1.54, 1.807) is 7.05 Å². The van der Waals surface area contributed by atoms with Crippen molar-refractivity contribution in [3.05, 3.63) is 53.2 Å². The minimum atomic E-state index is 0. The van der Waals surface area contributed by atoms with Crippen LogP contribution < -0.4 is 20.3 Å². The van der Waals surface area contributed by atoms with Crippen molar-refractivity contribution in [2.45, 2.75) is 26.9 Å². The molecule has 1 aromatic carbocycles. The van der Waals surface area contributed by atoms with Crippen molar-refractivity contribution in [1.82, 2.24) is 20.5 Å². The number of piperazine rings is 1. The van der Waals surface area contributed by atoms with Crippen molar-refractivity contribution < 1.29 is 4.74 Å². The zero-order valence-electron chi connectivity index (χ0n) is 19.0. The van der Waals surface area contributed by atoms with Crippen LogP contribution >= 0.6 is 24.0 Å². The van der Waals surface area contributed by atoms with Crippen LogP contribution in [0.4, 0.5) is 5.82 Å². The number of aryl methyl sites for hydroxylation is 1. The van der Waals surface area contributed by atoms with E-state index < -0.39 is 0 Å². The van der Waals surface area contributed by atoms with Gasteiger partial charge in [0.15, 0.2) is 5.96 Å². The number of nitrogens with zero attached hydrogens (tertiary/aromatic N) is 4. The second kappa shape index (κ2) is 12.7. The van der Waals surface area contributed by atoms with Gasteiger partial charge in [0.1, 0.15) is 11.6 Å². The fourth-order valence-electron chi connectivity index (χ4n) is 3.46. The van der Waals surface area contributed by atoms with Crippen molar-refractivity contribution in [1.29, 1.82) is 0 Å². The predicted octanol–water partition coefficient (Wildman–Crippen LogP) is 3.02. The molecule has 0 bridgehead atoms. The molecule has 3 rings (SSSR count). The van der Waals surface area contributed by atoms with Gasteiger partial charge in [-0.1, -0.05) is 12.1 Å². The molecular formula is C23H35IN6O. The van der Waals surface area contributed by atoms with Crippen molar-refractivity contribution in [2.24, 2.45) is 4.99 Å². The van der Waals surface area contributed by atoms with E-state index in [0.717, 1.165) is 49.3 Å². The van der Waals surface area contributed by atoms with Crippen LogP contribution in [0, 0.1) is 6.92 Å². The Balaban J connectivity index is 0.00000341. The maximum atomic E-state index is 5.78. The quantitative estimate of drug-likeness (QED) is 0.321. The molecule has 8 heteroatoms. The minimum Gasteiger partial charge on any atom is -0.494 e. The van der Waals surface area contributed by atoms with Crippen LogP contribution in [0.1, 0.15) is 23.6 Å². The summed E-state index contributed by atoms with van der Waals surface area (Å²) in [6, 6.07) is 10.5. The number of benzene rings is 1. The highest BCUT2D eigenvalue weighted by Crippen LogP contribution is 2.20. The number of nitrogens with one attached hydrogen (secondary N) is 2. The summed E-state index contributed by atoms with van der Waals surface area (Å²) in [6.07, 6.45) is 1.89. The fraction of sp³-hybridized carbons (Fsp3) is 0.478. The van der Waals surface area contributed by atoms with E-state index in [0.29, 0.717) is 19.7 Å². The summed E-state index contributed by atoms with van der Waals surface area (Å²) >= 11 is 0. The Morgan fingerprint density at radius 1 is 1.10 bits per heavy atom. The molecule has 2 N–H and O–H groups in total. The van der Waals surface area contributed by atoms with Gasteiger partial charge in [0, 0.05) is 58.1 Å². The van der Waals surface area contributed by atoms with Crippen molar-refractivity contribution >= 4 is 35.8 Å². The number of likely N-dealkylation sites (N-methyl/N-ethyl adjacent to an activating group) is 1. The van der Waals surface area contributed by atoms with Gasteiger partial charge >= 0.3 is 0 Å². The molecule has 1 aromatic heterocycles. The van der Waals surface area contributed by atoms with Crippen molar-refractivity contribution in [3.8, 4) is 5.75 Å². The summed E-state index contributed by atoms with van der Waals surface area (Å²) in [7, 11) is 3.95. The van der Waals surface area contributed by atoms with E-state index in [2.05, 4.69) is 68.6 Å². The third-order valence-corrected chi connectivity index (χ3v) is 5.29. The van der Waals surface area contributed by atoms with E-state index in [4.69, 9.17) is 4.74 Å². The molecule has 1 fully saturated rings. The molecule has 0 amide bonds. The lowest BCUT2D eigenvalue weighted by atomic mass is 10.1. The third kappa shape index (κ3) is 7.53. The number of hydrogen-bond donors (Lipinski definition) is 2. The molecule has 0 unspecified atom stereocenters. The number of rotatable bonds is 7. The van der Waals surface area contributed by atoms with Gasteiger partial charge in [-0.2, -0.15) is 0 Å². The molecule has 0 radical (unpaired) electrons. The Bertz CT molecular complexity index is 852. The van der Waals surface area contributed by atoms with Gasteiger partial charge in [-0.3, -0.25) is 4.99 Å². The van der Waals surface area contributed by atoms with Crippen LogP contribution in [-0.4, -0.2) is 62.7 Å². The predicted molar refractivity (Wildman–Crippen MR) is 139 cm³/mol. The molecule has 31 heavy (non-hydrogen) atoms. The first-order chi connectivity index (χ1) is 14.6. The van der Waals surface area contributed by atoms with Crippen LogP contribution in [-0.2, 0) is 13.1 Å². The Morgan fingerprint density at radius 3 is 2.55 bits per heavy atom. The van der Waals surface area contributed by atoms with Gasteiger partial charge in [-0.25, -0.2) is 4.98 Å². The van der Waals surface area contributed by atoms with Gasteiger partial charge in [-0.15, -0.1) is 24.0 Å². The molecule has 0 saturated carbocycles. The standard InChI is InChI=1S/C23H34N6O.HI/c1-5-30-21-14-18(2)6-7-20(21)17-27-23(24-3)26-16-19-8-9-25-22(15-19)29-12-10-28(4)11-13-29;/h6-9,14-15H,5,10-13,16-17H2,1-4H3,(H2,24,26,27);1H. The van der Waals surface area contributed by atoms with E-state index >= 15 is 0 Å². The Morgan fingerprint density at radius 2 is 1.84 bits per heavy atom. The zero-order valence-corrected chi connectivity index (χ0v) is 21.3. The topological polar surface area (TPSA) is 65.0 Å². The normalized spacial score (nSPS) is 14.7. The molecule has 1 aliphatic heterocycles. The van der Waals surface area contributed by atoms with E-state index in [1.807, 2.05) is 19.2 Å². The minimum absolute atomic E-state index is 0. The van der Waals surface area contributed by atoms with Crippen LogP contribution in [0.3, 0.4) is 0 Å². The number of aromatic nitrogens is 1. The van der Waals surface area contributed by atoms with Crippen LogP contribution in [0.25, 0.3) is 0 Å². The highest BCUT2D eigenvalue weighted by molar-refractivity contribution is 14.0. The number of hydrogen-bond acceptors (Lipinski definition) is 5. The lowest BCUT2D eigenvalue weighted by Gasteiger charge is -2.33. The summed E-state index contributed by atoms with van der Waals surface area (Å²) in [5, 5.41) is 6.78. The molecule has 2 heterocycles. The van der Waals surface area contributed by atoms with Gasteiger partial charge in [0.2, 0.25) is 0 Å². The highest BCUT2D eigenvalue weighted by atomic mass is 127. The number of ether oxygens (including phenoxy) is 1. The zero-order chi connectivity index (χ0) is 21.3. The smallest absolute Gasteiger partial charge is 0.191 e. The van der Waals surface area contributed by atoms with Crippen molar-refractivity contribution in [3.63, 3.8) is 0 Å². The van der Waals surface area contributed by atoms with Crippen LogP contribution in [0.15, 0.2) is 41.5 Å². The largest absolute Gasteiger partial charge is 0.494 e. The summed E-state index contributed by atoms with van der Waals surface area (Å²) in [6.45, 7) is 10.3. The molecule has 2 aromatic rings. The summed E-state index contributed by atoms with van der Waals surface area (Å²) in [4.78, 5) is 13.6. The monoisotopic (exact) mass is 538 g/mol. The SMILES string of the molecule is CCOc1cc(C)ccc1CNC(=NC)NCc1ccnc(N2CCN(C)CC2)c1.I. The average molecular weight is 538 g/mol. The Kier molecular flexibility index (Phi) is 10.3. The van der Waals surface area contributed by atoms with Gasteiger partial charge in [0.05, 0.1) is 6.61 Å². The second-order valence-corrected chi connectivity index (χ2v) is 7.64. The number of pyridine rings is 1. The Hall–Kier alpha value is -2.07. The second-order valence-electron chi connectivity index (χ2n) is 7.64. The molecule has 1 saturated heterocycles. The molecule has 170 valence electrons. The molecule has 0 aliphatic carbocycles. The molecule has 0 atom stereocenters. The van der Waals surface area contributed by atoms with Crippen molar-refractivity contribution in [2.75, 3.05) is 51.8 Å². The number of anilines is 1. The maximum absolute atomic E-state index is 5.78. The Labute approximate surface area is 203 Å². The fourth-order valence-corrected chi connectivity index (χ4v) is 3.46. The summed E-state index contributed by atoms with van der Waals surface area (Å²) < 4.78 is 5.78. The first kappa shape index (κ1) is 25.2. The lowest BCUT2D eigenvalue weighted by Crippen LogP contribution is -2.44. The van der Waals surface area contributed by atoms with Gasteiger partial charge in [-0.05, 0) is 50.2 Å². The van der Waals surface area contributed by atoms with Gasteiger partial charge < -0.3 is 25.2 Å². The third-order valence-electron chi connectivity index (χ3n) is 5.29. The number of halogens is 1. The lowest BCUT2D eigenvalue weighted by molar-refractivity contribution is 0.312. The first-order valence-electron chi connectivity index (χ1n) is 10.6.